The van der Waals surface area contributed by atoms with Crippen molar-refractivity contribution in [1.82, 2.24) is 0 Å². The fraction of sp³-hybridized carbons (Fsp3) is 0.0952. The lowest BCUT2D eigenvalue weighted by Gasteiger charge is -2.15. The minimum atomic E-state index is -3.84. The smallest absolute Gasteiger partial charge is 0.265 e. The third kappa shape index (κ3) is 5.55. The molecule has 1 amide bonds. The first-order valence-corrected chi connectivity index (χ1v) is 10.2. The summed E-state index contributed by atoms with van der Waals surface area (Å²) < 4.78 is 45.7. The standard InChI is InChI=1S/C21H19FN2O4S/c1-15(28-19-5-3-2-4-6-19)21(25)23-17-11-13-20(14-12-17)29(26,27)24-18-9-7-16(22)8-10-18/h2-15,24H,1H3,(H,23,25)/t15-/m1/s1. The maximum absolute atomic E-state index is 12.9. The van der Waals surface area contributed by atoms with Crippen molar-refractivity contribution in [2.45, 2.75) is 17.9 Å². The summed E-state index contributed by atoms with van der Waals surface area (Å²) in [5.41, 5.74) is 0.676. The van der Waals surface area contributed by atoms with Crippen LogP contribution in [0.3, 0.4) is 0 Å². The van der Waals surface area contributed by atoms with Crippen LogP contribution in [-0.2, 0) is 14.8 Å². The van der Waals surface area contributed by atoms with Gasteiger partial charge in [-0.15, -0.1) is 0 Å². The van der Waals surface area contributed by atoms with Crippen LogP contribution in [0, 0.1) is 5.82 Å². The molecule has 0 unspecified atom stereocenters. The second-order valence-corrected chi connectivity index (χ2v) is 7.88. The molecule has 150 valence electrons. The van der Waals surface area contributed by atoms with Gasteiger partial charge in [-0.3, -0.25) is 9.52 Å². The monoisotopic (exact) mass is 414 g/mol. The van der Waals surface area contributed by atoms with Gasteiger partial charge in [-0.1, -0.05) is 18.2 Å². The zero-order chi connectivity index (χ0) is 20.9. The van der Waals surface area contributed by atoms with E-state index in [4.69, 9.17) is 4.74 Å². The summed E-state index contributed by atoms with van der Waals surface area (Å²) in [5, 5.41) is 2.68. The fourth-order valence-electron chi connectivity index (χ4n) is 2.45. The van der Waals surface area contributed by atoms with Crippen LogP contribution in [-0.4, -0.2) is 20.4 Å². The number of carbonyl (C=O) groups is 1. The van der Waals surface area contributed by atoms with Gasteiger partial charge in [0.25, 0.3) is 15.9 Å². The Kier molecular flexibility index (Phi) is 6.13. The average Bonchev–Trinajstić information content (AvgIpc) is 2.71. The van der Waals surface area contributed by atoms with E-state index in [1.165, 1.54) is 36.4 Å². The van der Waals surface area contributed by atoms with Crippen LogP contribution in [0.2, 0.25) is 0 Å². The highest BCUT2D eigenvalue weighted by atomic mass is 32.2. The molecule has 6 nitrogen and oxygen atoms in total. The molecular weight excluding hydrogens is 395 g/mol. The first-order chi connectivity index (χ1) is 13.8. The highest BCUT2D eigenvalue weighted by molar-refractivity contribution is 7.92. The van der Waals surface area contributed by atoms with Crippen molar-refractivity contribution in [3.63, 3.8) is 0 Å². The van der Waals surface area contributed by atoms with Crippen LogP contribution in [0.25, 0.3) is 0 Å². The number of carbonyl (C=O) groups excluding carboxylic acids is 1. The highest BCUT2D eigenvalue weighted by Gasteiger charge is 2.17. The van der Waals surface area contributed by atoms with E-state index in [1.54, 1.807) is 31.2 Å². The summed E-state index contributed by atoms with van der Waals surface area (Å²) in [7, 11) is -3.84. The number of hydrogen-bond acceptors (Lipinski definition) is 4. The predicted molar refractivity (Wildman–Crippen MR) is 109 cm³/mol. The second-order valence-electron chi connectivity index (χ2n) is 6.20. The van der Waals surface area contributed by atoms with Gasteiger partial charge in [-0.2, -0.15) is 0 Å². The van der Waals surface area contributed by atoms with Crippen molar-refractivity contribution in [1.29, 1.82) is 0 Å². The third-order valence-corrected chi connectivity index (χ3v) is 5.35. The molecule has 0 aliphatic rings. The SMILES string of the molecule is C[C@@H](Oc1ccccc1)C(=O)Nc1ccc(S(=O)(=O)Nc2ccc(F)cc2)cc1. The Morgan fingerprint density at radius 2 is 1.48 bits per heavy atom. The van der Waals surface area contributed by atoms with Crippen molar-refractivity contribution >= 4 is 27.3 Å². The molecule has 0 bridgehead atoms. The minimum absolute atomic E-state index is 0.00779. The number of halogens is 1. The quantitative estimate of drug-likeness (QED) is 0.611. The number of para-hydroxylation sites is 1. The van der Waals surface area contributed by atoms with Crippen LogP contribution in [0.1, 0.15) is 6.92 Å². The summed E-state index contributed by atoms with van der Waals surface area (Å²) >= 11 is 0. The number of rotatable bonds is 7. The minimum Gasteiger partial charge on any atom is -0.481 e. The van der Waals surface area contributed by atoms with Gasteiger partial charge in [0.15, 0.2) is 6.10 Å². The van der Waals surface area contributed by atoms with Crippen molar-refractivity contribution in [3.05, 3.63) is 84.7 Å². The van der Waals surface area contributed by atoms with E-state index in [9.17, 15) is 17.6 Å². The van der Waals surface area contributed by atoms with E-state index in [2.05, 4.69) is 10.0 Å². The summed E-state index contributed by atoms with van der Waals surface area (Å²) in [6, 6.07) is 19.6. The van der Waals surface area contributed by atoms with Gasteiger partial charge in [0.1, 0.15) is 11.6 Å². The molecule has 3 aromatic carbocycles. The molecule has 3 rings (SSSR count). The second kappa shape index (κ2) is 8.74. The van der Waals surface area contributed by atoms with E-state index in [1.807, 2.05) is 6.07 Å². The Bertz CT molecular complexity index is 1070. The number of anilines is 2. The van der Waals surface area contributed by atoms with Crippen LogP contribution >= 0.6 is 0 Å². The number of amides is 1. The van der Waals surface area contributed by atoms with Gasteiger partial charge in [0.05, 0.1) is 4.90 Å². The Morgan fingerprint density at radius 1 is 0.897 bits per heavy atom. The van der Waals surface area contributed by atoms with Crippen molar-refractivity contribution in [2.75, 3.05) is 10.0 Å². The largest absolute Gasteiger partial charge is 0.481 e. The molecule has 0 aliphatic carbocycles. The first kappa shape index (κ1) is 20.3. The number of benzene rings is 3. The van der Waals surface area contributed by atoms with Gasteiger partial charge in [0, 0.05) is 11.4 Å². The molecule has 0 spiro atoms. The predicted octanol–water partition coefficient (Wildman–Crippen LogP) is 4.03. The molecule has 0 aromatic heterocycles. The van der Waals surface area contributed by atoms with E-state index in [-0.39, 0.29) is 16.5 Å². The number of ether oxygens (including phenoxy) is 1. The molecule has 0 radical (unpaired) electrons. The maximum atomic E-state index is 12.9. The molecule has 0 saturated heterocycles. The van der Waals surface area contributed by atoms with Crippen LogP contribution < -0.4 is 14.8 Å². The Morgan fingerprint density at radius 3 is 2.10 bits per heavy atom. The van der Waals surface area contributed by atoms with Gasteiger partial charge in [-0.05, 0) is 67.6 Å². The topological polar surface area (TPSA) is 84.5 Å². The van der Waals surface area contributed by atoms with Crippen molar-refractivity contribution in [2.24, 2.45) is 0 Å². The fourth-order valence-corrected chi connectivity index (χ4v) is 3.51. The molecule has 8 heteroatoms. The van der Waals surface area contributed by atoms with Crippen LogP contribution in [0.4, 0.5) is 15.8 Å². The van der Waals surface area contributed by atoms with Crippen molar-refractivity contribution < 1.29 is 22.3 Å². The van der Waals surface area contributed by atoms with E-state index >= 15 is 0 Å². The van der Waals surface area contributed by atoms with E-state index in [0.717, 1.165) is 12.1 Å². The van der Waals surface area contributed by atoms with E-state index in [0.29, 0.717) is 11.4 Å². The third-order valence-electron chi connectivity index (χ3n) is 3.95. The molecule has 29 heavy (non-hydrogen) atoms. The molecule has 3 aromatic rings. The zero-order valence-electron chi connectivity index (χ0n) is 15.5. The zero-order valence-corrected chi connectivity index (χ0v) is 16.3. The number of hydrogen-bond donors (Lipinski definition) is 2. The normalized spacial score (nSPS) is 12.1. The summed E-state index contributed by atoms with van der Waals surface area (Å²) in [6.45, 7) is 1.62. The Hall–Kier alpha value is -3.39. The number of nitrogens with one attached hydrogen (secondary N) is 2. The first-order valence-electron chi connectivity index (χ1n) is 8.74. The maximum Gasteiger partial charge on any atom is 0.265 e. The molecule has 1 atom stereocenters. The lowest BCUT2D eigenvalue weighted by Crippen LogP contribution is -2.30. The van der Waals surface area contributed by atoms with Crippen molar-refractivity contribution in [3.8, 4) is 5.75 Å². The average molecular weight is 414 g/mol. The molecule has 0 heterocycles. The Balaban J connectivity index is 1.63. The van der Waals surface area contributed by atoms with E-state index < -0.39 is 21.9 Å². The molecular formula is C21H19FN2O4S. The lowest BCUT2D eigenvalue weighted by molar-refractivity contribution is -0.122. The molecule has 0 fully saturated rings. The van der Waals surface area contributed by atoms with Gasteiger partial charge in [0.2, 0.25) is 0 Å². The van der Waals surface area contributed by atoms with Gasteiger partial charge in [-0.25, -0.2) is 12.8 Å². The Labute approximate surface area is 168 Å². The summed E-state index contributed by atoms with van der Waals surface area (Å²) in [4.78, 5) is 12.3. The summed E-state index contributed by atoms with van der Waals surface area (Å²) in [6.07, 6.45) is -0.735. The van der Waals surface area contributed by atoms with Crippen LogP contribution in [0.15, 0.2) is 83.8 Å². The molecule has 0 saturated carbocycles. The lowest BCUT2D eigenvalue weighted by atomic mass is 10.3. The van der Waals surface area contributed by atoms with Gasteiger partial charge >= 0.3 is 0 Å². The highest BCUT2D eigenvalue weighted by Crippen LogP contribution is 2.19. The number of sulfonamides is 1. The molecule has 2 N–H and O–H groups in total. The summed E-state index contributed by atoms with van der Waals surface area (Å²) in [5.74, 6) is -0.254. The molecule has 0 aliphatic heterocycles. The van der Waals surface area contributed by atoms with Crippen LogP contribution in [0.5, 0.6) is 5.75 Å². The van der Waals surface area contributed by atoms with Gasteiger partial charge < -0.3 is 10.1 Å².